The van der Waals surface area contributed by atoms with E-state index in [1.165, 1.54) is 5.56 Å². The summed E-state index contributed by atoms with van der Waals surface area (Å²) in [6.07, 6.45) is 3.71. The molecule has 2 aromatic heterocycles. The summed E-state index contributed by atoms with van der Waals surface area (Å²) >= 11 is 0. The van der Waals surface area contributed by atoms with Crippen molar-refractivity contribution in [1.29, 1.82) is 0 Å². The number of benzene rings is 3. The van der Waals surface area contributed by atoms with Crippen molar-refractivity contribution >= 4 is 34.1 Å². The lowest BCUT2D eigenvalue weighted by Crippen LogP contribution is -2.17. The molecule has 7 nitrogen and oxygen atoms in total. The maximum atomic E-state index is 12.4. The van der Waals surface area contributed by atoms with Gasteiger partial charge in [0, 0.05) is 34.8 Å². The highest BCUT2D eigenvalue weighted by Crippen LogP contribution is 2.21. The zero-order valence-corrected chi connectivity index (χ0v) is 15.9. The minimum Gasteiger partial charge on any atom is -0.342 e. The molecule has 1 N–H and O–H groups in total. The first kappa shape index (κ1) is 17.8. The fourth-order valence-corrected chi connectivity index (χ4v) is 3.44. The minimum atomic E-state index is -0.329. The lowest BCUT2D eigenvalue weighted by Gasteiger charge is -2.05. The van der Waals surface area contributed by atoms with Gasteiger partial charge in [-0.05, 0) is 40.1 Å². The Balaban J connectivity index is 1.38. The first-order chi connectivity index (χ1) is 14.8. The van der Waals surface area contributed by atoms with E-state index in [9.17, 15) is 4.79 Å². The van der Waals surface area contributed by atoms with Crippen LogP contribution in [0.15, 0.2) is 88.7 Å². The molecule has 0 aliphatic rings. The standard InChI is InChI=1S/C23H17N5O2/c29-23(17-10-11-20-21(12-17)27-30-26-20)25-24-13-18-15-28(14-16-6-2-1-3-7-16)22-9-5-4-8-19(18)22/h1-13,15H,14H2,(H,25,29). The highest BCUT2D eigenvalue weighted by atomic mass is 16.6. The summed E-state index contributed by atoms with van der Waals surface area (Å²) in [6, 6.07) is 23.4. The summed E-state index contributed by atoms with van der Waals surface area (Å²) in [7, 11) is 0. The van der Waals surface area contributed by atoms with E-state index in [2.05, 4.69) is 48.2 Å². The van der Waals surface area contributed by atoms with Crippen LogP contribution < -0.4 is 5.43 Å². The smallest absolute Gasteiger partial charge is 0.271 e. The molecule has 0 saturated carbocycles. The van der Waals surface area contributed by atoms with Gasteiger partial charge in [0.05, 0.1) is 6.21 Å². The molecule has 0 unspecified atom stereocenters. The van der Waals surface area contributed by atoms with Gasteiger partial charge in [-0.25, -0.2) is 10.1 Å². The maximum absolute atomic E-state index is 12.4. The van der Waals surface area contributed by atoms with Gasteiger partial charge in [0.15, 0.2) is 0 Å². The van der Waals surface area contributed by atoms with Crippen molar-refractivity contribution in [3.63, 3.8) is 0 Å². The van der Waals surface area contributed by atoms with Crippen LogP contribution in [0.4, 0.5) is 0 Å². The molecule has 0 radical (unpaired) electrons. The lowest BCUT2D eigenvalue weighted by atomic mass is 10.2. The Morgan fingerprint density at radius 3 is 2.70 bits per heavy atom. The molecule has 0 fully saturated rings. The average Bonchev–Trinajstić information content (AvgIpc) is 3.39. The highest BCUT2D eigenvalue weighted by molar-refractivity contribution is 6.01. The highest BCUT2D eigenvalue weighted by Gasteiger charge is 2.09. The molecule has 0 aliphatic carbocycles. The number of fused-ring (bicyclic) bond motifs is 2. The molecular weight excluding hydrogens is 378 g/mol. The number of carbonyl (C=O) groups is 1. The summed E-state index contributed by atoms with van der Waals surface area (Å²) in [5, 5.41) is 12.7. The molecule has 5 aromatic rings. The second-order valence-corrected chi connectivity index (χ2v) is 6.88. The van der Waals surface area contributed by atoms with Crippen LogP contribution in [-0.4, -0.2) is 27.0 Å². The van der Waals surface area contributed by atoms with Crippen LogP contribution >= 0.6 is 0 Å². The number of hydrogen-bond donors (Lipinski definition) is 1. The van der Waals surface area contributed by atoms with Gasteiger partial charge in [0.1, 0.15) is 11.0 Å². The van der Waals surface area contributed by atoms with E-state index >= 15 is 0 Å². The van der Waals surface area contributed by atoms with E-state index in [0.29, 0.717) is 16.6 Å². The van der Waals surface area contributed by atoms with Gasteiger partial charge in [0.2, 0.25) is 0 Å². The Morgan fingerprint density at radius 1 is 1.00 bits per heavy atom. The van der Waals surface area contributed by atoms with Crippen molar-refractivity contribution in [1.82, 2.24) is 20.3 Å². The normalized spacial score (nSPS) is 11.5. The second-order valence-electron chi connectivity index (χ2n) is 6.88. The zero-order valence-electron chi connectivity index (χ0n) is 15.9. The van der Waals surface area contributed by atoms with Gasteiger partial charge in [0.25, 0.3) is 5.91 Å². The summed E-state index contributed by atoms with van der Waals surface area (Å²) in [5.74, 6) is -0.329. The first-order valence-corrected chi connectivity index (χ1v) is 9.45. The number of rotatable bonds is 5. The molecule has 5 rings (SSSR count). The van der Waals surface area contributed by atoms with Crippen molar-refractivity contribution in [2.45, 2.75) is 6.54 Å². The van der Waals surface area contributed by atoms with Gasteiger partial charge in [-0.2, -0.15) is 5.10 Å². The molecule has 2 heterocycles. The number of para-hydroxylation sites is 1. The molecule has 1 amide bonds. The summed E-state index contributed by atoms with van der Waals surface area (Å²) in [5.41, 5.74) is 7.38. The van der Waals surface area contributed by atoms with E-state index < -0.39 is 0 Å². The van der Waals surface area contributed by atoms with Crippen LogP contribution in [0.3, 0.4) is 0 Å². The first-order valence-electron chi connectivity index (χ1n) is 9.45. The van der Waals surface area contributed by atoms with Crippen LogP contribution in [0.25, 0.3) is 21.9 Å². The number of nitrogens with zero attached hydrogens (tertiary/aromatic N) is 4. The van der Waals surface area contributed by atoms with E-state index in [4.69, 9.17) is 0 Å². The second kappa shape index (κ2) is 7.63. The third-order valence-electron chi connectivity index (χ3n) is 4.90. The molecule has 0 aliphatic heterocycles. The van der Waals surface area contributed by atoms with Crippen LogP contribution in [0.1, 0.15) is 21.5 Å². The predicted molar refractivity (Wildman–Crippen MR) is 114 cm³/mol. The third-order valence-corrected chi connectivity index (χ3v) is 4.90. The molecule has 0 bridgehead atoms. The fourth-order valence-electron chi connectivity index (χ4n) is 3.44. The molecular formula is C23H17N5O2. The topological polar surface area (TPSA) is 85.3 Å². The summed E-state index contributed by atoms with van der Waals surface area (Å²) in [4.78, 5) is 12.4. The van der Waals surface area contributed by atoms with Crippen LogP contribution in [0, 0.1) is 0 Å². The largest absolute Gasteiger partial charge is 0.342 e. The maximum Gasteiger partial charge on any atom is 0.271 e. The number of aromatic nitrogens is 3. The molecule has 3 aromatic carbocycles. The Kier molecular flexibility index (Phi) is 4.53. The van der Waals surface area contributed by atoms with Crippen LogP contribution in [0.2, 0.25) is 0 Å². The van der Waals surface area contributed by atoms with Gasteiger partial charge >= 0.3 is 0 Å². The lowest BCUT2D eigenvalue weighted by molar-refractivity contribution is 0.0955. The molecule has 7 heteroatoms. The average molecular weight is 395 g/mol. The number of hydrogen-bond acceptors (Lipinski definition) is 5. The predicted octanol–water partition coefficient (Wildman–Crippen LogP) is 3.99. The van der Waals surface area contributed by atoms with Crippen LogP contribution in [-0.2, 0) is 6.54 Å². The van der Waals surface area contributed by atoms with E-state index in [0.717, 1.165) is 23.0 Å². The van der Waals surface area contributed by atoms with Crippen molar-refractivity contribution < 1.29 is 9.42 Å². The molecule has 146 valence electrons. The van der Waals surface area contributed by atoms with Crippen LogP contribution in [0.5, 0.6) is 0 Å². The minimum absolute atomic E-state index is 0.329. The molecule has 0 saturated heterocycles. The number of nitrogens with one attached hydrogen (secondary N) is 1. The van der Waals surface area contributed by atoms with Gasteiger partial charge < -0.3 is 4.57 Å². The van der Waals surface area contributed by atoms with Gasteiger partial charge in [-0.1, -0.05) is 48.5 Å². The van der Waals surface area contributed by atoms with Gasteiger partial charge in [-0.15, -0.1) is 0 Å². The Bertz CT molecular complexity index is 1370. The van der Waals surface area contributed by atoms with E-state index in [1.807, 2.05) is 42.6 Å². The van der Waals surface area contributed by atoms with Crippen molar-refractivity contribution in [2.75, 3.05) is 0 Å². The molecule has 0 atom stereocenters. The van der Waals surface area contributed by atoms with E-state index in [-0.39, 0.29) is 5.91 Å². The number of amides is 1. The molecule has 30 heavy (non-hydrogen) atoms. The molecule has 0 spiro atoms. The summed E-state index contributed by atoms with van der Waals surface area (Å²) in [6.45, 7) is 0.757. The zero-order chi connectivity index (χ0) is 20.3. The Labute approximate surface area is 171 Å². The van der Waals surface area contributed by atoms with Gasteiger partial charge in [-0.3, -0.25) is 4.79 Å². The quantitative estimate of drug-likeness (QED) is 0.360. The number of carbonyl (C=O) groups excluding carboxylic acids is 1. The van der Waals surface area contributed by atoms with Crippen molar-refractivity contribution in [3.05, 3.63) is 95.7 Å². The van der Waals surface area contributed by atoms with E-state index in [1.54, 1.807) is 24.4 Å². The third kappa shape index (κ3) is 3.44. The van der Waals surface area contributed by atoms with Crippen molar-refractivity contribution in [2.24, 2.45) is 5.10 Å². The summed E-state index contributed by atoms with van der Waals surface area (Å²) < 4.78 is 6.84. The fraction of sp³-hybridized carbons (Fsp3) is 0.0435. The Morgan fingerprint density at radius 2 is 1.80 bits per heavy atom. The number of hydrazone groups is 1. The van der Waals surface area contributed by atoms with Crippen molar-refractivity contribution in [3.8, 4) is 0 Å². The monoisotopic (exact) mass is 395 g/mol. The SMILES string of the molecule is O=C(NN=Cc1cn(Cc2ccccc2)c2ccccc12)c1ccc2nonc2c1. The Hall–Kier alpha value is -4.26.